The Morgan fingerprint density at radius 1 is 0.554 bits per heavy atom. The summed E-state index contributed by atoms with van der Waals surface area (Å²) in [7, 11) is -14.5. The molecule has 0 saturated heterocycles. The Hall–Kier alpha value is -3.90. The van der Waals surface area contributed by atoms with Crippen molar-refractivity contribution in [2.45, 2.75) is 221 Å². The van der Waals surface area contributed by atoms with E-state index in [0.29, 0.717) is 85.2 Å². The molecule has 528 valence electrons. The Labute approximate surface area is 530 Å². The van der Waals surface area contributed by atoms with Gasteiger partial charge in [-0.15, -0.1) is 18.7 Å². The van der Waals surface area contributed by atoms with Crippen molar-refractivity contribution in [3.63, 3.8) is 0 Å². The molecule has 6 heterocycles. The molecular formula is C62H96F12N6O10P2. The number of hydrogen-bond donors (Lipinski definition) is 0. The van der Waals surface area contributed by atoms with Crippen molar-refractivity contribution in [1.82, 2.24) is 19.8 Å². The summed E-state index contributed by atoms with van der Waals surface area (Å²) in [6.07, 6.45) is 22.8. The second-order valence-electron chi connectivity index (χ2n) is 30.0. The van der Waals surface area contributed by atoms with Crippen LogP contribution in [0.1, 0.15) is 181 Å². The minimum absolute atomic E-state index is 0.0349. The van der Waals surface area contributed by atoms with E-state index in [2.05, 4.69) is 41.5 Å². The fourth-order valence-electron chi connectivity index (χ4n) is 20.7. The molecular weight excluding hydrogens is 1280 g/mol. The summed E-state index contributed by atoms with van der Waals surface area (Å²) in [5.41, 5.74) is 1.62. The average molecular weight is 1380 g/mol. The topological polar surface area (TPSA) is 167 Å². The van der Waals surface area contributed by atoms with Gasteiger partial charge in [-0.25, -0.2) is 9.59 Å². The summed E-state index contributed by atoms with van der Waals surface area (Å²) >= 11 is 0. The molecule has 2 aromatic heterocycles. The van der Waals surface area contributed by atoms with E-state index >= 15 is 0 Å². The van der Waals surface area contributed by atoms with Crippen LogP contribution in [-0.2, 0) is 88.0 Å². The predicted octanol–water partition coefficient (Wildman–Crippen LogP) is 15.5. The van der Waals surface area contributed by atoms with Crippen LogP contribution in [0.25, 0.3) is 0 Å². The summed E-state index contributed by atoms with van der Waals surface area (Å²) in [4.78, 5) is 53.8. The Bertz CT molecular complexity index is 2830. The van der Waals surface area contributed by atoms with Crippen molar-refractivity contribution < 1.29 is 107 Å². The quantitative estimate of drug-likeness (QED) is 0.0808. The van der Waals surface area contributed by atoms with E-state index in [-0.39, 0.29) is 94.9 Å². The number of ether oxygens (including phenoxy) is 6. The molecule has 20 atom stereocenters. The number of aromatic nitrogens is 6. The molecule has 0 N–H and O–H groups in total. The van der Waals surface area contributed by atoms with Crippen LogP contribution in [0.3, 0.4) is 0 Å². The van der Waals surface area contributed by atoms with Gasteiger partial charge >= 0.3 is 89.9 Å². The molecule has 4 aliphatic heterocycles. The molecule has 0 spiro atoms. The zero-order chi connectivity index (χ0) is 67.9. The van der Waals surface area contributed by atoms with E-state index in [4.69, 9.17) is 38.8 Å². The molecule has 0 unspecified atom stereocenters. The van der Waals surface area contributed by atoms with E-state index in [1.54, 1.807) is 9.36 Å². The molecule has 8 fully saturated rings. The Morgan fingerprint density at radius 3 is 1.24 bits per heavy atom. The van der Waals surface area contributed by atoms with E-state index in [9.17, 15) is 69.5 Å². The second-order valence-corrected chi connectivity index (χ2v) is 33.9. The number of hydrogen-bond acceptors (Lipinski definition) is 12. The van der Waals surface area contributed by atoms with Crippen LogP contribution in [0.4, 0.5) is 50.4 Å². The first-order chi connectivity index (χ1) is 42.2. The summed E-state index contributed by atoms with van der Waals surface area (Å²) in [5, 5.41) is 9.63. The van der Waals surface area contributed by atoms with E-state index < -0.39 is 15.6 Å². The summed E-state index contributed by atoms with van der Waals surface area (Å²) in [5.74, 6) is 4.23. The van der Waals surface area contributed by atoms with Crippen LogP contribution in [0.5, 0.6) is 0 Å². The first-order valence-corrected chi connectivity index (χ1v) is 37.0. The van der Waals surface area contributed by atoms with E-state index in [1.165, 1.54) is 39.9 Å². The summed E-state index contributed by atoms with van der Waals surface area (Å²) in [6, 6.07) is 0. The molecule has 12 aliphatic rings. The van der Waals surface area contributed by atoms with Crippen molar-refractivity contribution in [2.75, 3.05) is 14.2 Å². The summed E-state index contributed by atoms with van der Waals surface area (Å²) in [6.45, 7) is 15.5. The van der Waals surface area contributed by atoms with Crippen molar-refractivity contribution in [3.05, 3.63) is 23.8 Å². The molecule has 14 rings (SSSR count). The summed E-state index contributed by atoms with van der Waals surface area (Å²) < 4.78 is 163. The van der Waals surface area contributed by atoms with Crippen LogP contribution in [0.15, 0.2) is 12.4 Å². The molecule has 8 aliphatic carbocycles. The number of carbonyl (C=O) groups is 4. The number of esters is 4. The SMILES string of the molecule is COC(=O)CC[C@@H](C)[C@H]1CC[C@H]2[C@@H]3CC[C@@H]4C[C@H]5CC[C@]4(C)[C@H]3C[C@H](OC(=O)C[n+]3cc(n(C)n3)CO[C@@H]3CC[C@@]4(C)[C@H](CC[C@@H]6[C@@H]4C[C@H](OC(=O)C[n+]4cc(n(C)n4)CO5)[C@]4(C)[C@@H]([C@H](C)CCC(=O)OC)CC[C@@H]64)C3)[C@]12C.F[P-](F)(F)(F)(F)F.F[P-](F)(F)(F)(F)F. The number of aryl methyl sites for hydroxylation is 2. The monoisotopic (exact) mass is 1370 g/mol. The Morgan fingerprint density at radius 2 is 0.902 bits per heavy atom. The first kappa shape index (κ1) is 72.4. The number of fused-ring (bicyclic) bond motifs is 4. The fourth-order valence-corrected chi connectivity index (χ4v) is 20.7. The maximum atomic E-state index is 14.5. The van der Waals surface area contributed by atoms with Gasteiger partial charge in [-0.1, -0.05) is 41.5 Å². The molecule has 16 nitrogen and oxygen atoms in total. The van der Waals surface area contributed by atoms with Gasteiger partial charge in [0.15, 0.2) is 23.8 Å². The number of rotatable bonds is 8. The van der Waals surface area contributed by atoms with Gasteiger partial charge < -0.3 is 28.4 Å². The van der Waals surface area contributed by atoms with Crippen molar-refractivity contribution in [2.24, 2.45) is 107 Å². The molecule has 0 aromatic carbocycles. The van der Waals surface area contributed by atoms with Crippen LogP contribution in [0, 0.1) is 92.7 Å². The number of nitrogens with zero attached hydrogens (tertiary/aromatic N) is 6. The number of carbonyl (C=O) groups excluding carboxylic acids is 4. The minimum atomic E-state index is -10.7. The van der Waals surface area contributed by atoms with Crippen LogP contribution in [0.2, 0.25) is 0 Å². The maximum absolute atomic E-state index is 14.5. The Balaban J connectivity index is 0.000000643. The molecule has 92 heavy (non-hydrogen) atoms. The molecule has 2 aromatic rings. The van der Waals surface area contributed by atoms with Gasteiger partial charge in [-0.2, -0.15) is 0 Å². The van der Waals surface area contributed by atoms with Crippen molar-refractivity contribution in [3.8, 4) is 0 Å². The average Bonchev–Trinajstić information content (AvgIpc) is 1.36. The fraction of sp³-hybridized carbons (Fsp3) is 0.871. The van der Waals surface area contributed by atoms with Crippen LogP contribution >= 0.6 is 15.6 Å². The van der Waals surface area contributed by atoms with Gasteiger partial charge in [0.2, 0.25) is 13.1 Å². The zero-order valence-corrected chi connectivity index (χ0v) is 56.3. The van der Waals surface area contributed by atoms with Gasteiger partial charge in [0.1, 0.15) is 39.5 Å². The zero-order valence-electron chi connectivity index (χ0n) is 54.6. The Kier molecular flexibility index (Phi) is 19.3. The van der Waals surface area contributed by atoms with Gasteiger partial charge in [0.25, 0.3) is 0 Å². The van der Waals surface area contributed by atoms with Crippen LogP contribution < -0.4 is 9.36 Å². The third kappa shape index (κ3) is 16.9. The molecule has 14 bridgehead atoms. The van der Waals surface area contributed by atoms with Gasteiger partial charge in [-0.05, 0) is 197 Å². The van der Waals surface area contributed by atoms with E-state index in [1.807, 2.05) is 35.9 Å². The van der Waals surface area contributed by atoms with E-state index in [0.717, 1.165) is 101 Å². The molecule has 8 saturated carbocycles. The van der Waals surface area contributed by atoms with Gasteiger partial charge in [-0.3, -0.25) is 9.59 Å². The standard InChI is InChI=1S/C62H96N6O10.2F6P/c1-37(11-21-55(69)73-9)47-17-19-49-45-15-13-39-27-43-23-25-59(39,3)51(45)29-53(61(47,49)5)77-57(71)33-67-31-41(65(7)63-67)35-76-44-24-26-60(4)40(28-44)14-16-46-50-20-18-48(38(2)12-22-56(70)74-10)62(50,6)54(30-52(46)60)78-58(72)34-68-32-42(36-75-43)66(8)64-68;2*1-7(2,3,4,5)6/h31-32,37-40,43-54H,11-30,33-36H2,1-10H3;;/q+2;2*-1/t37-,38-,39-,40-,43-,44-,45+,46+,47-,48-,49+,50+,51+,52+,53+,54+,59+,60+,61-,62-;;/m1../s1. The normalized spacial score (nSPS) is 39.4. The predicted molar refractivity (Wildman–Crippen MR) is 313 cm³/mol. The van der Waals surface area contributed by atoms with Crippen molar-refractivity contribution >= 4 is 39.5 Å². The molecule has 0 radical (unpaired) electrons. The second kappa shape index (κ2) is 24.6. The third-order valence-corrected chi connectivity index (χ3v) is 25.0. The first-order valence-electron chi connectivity index (χ1n) is 32.9. The van der Waals surface area contributed by atoms with Gasteiger partial charge in [0.05, 0.1) is 36.9 Å². The number of methoxy groups -OCH3 is 2. The molecule has 0 amide bonds. The molecule has 30 heteroatoms. The van der Waals surface area contributed by atoms with Gasteiger partial charge in [0, 0.05) is 23.7 Å². The third-order valence-electron chi connectivity index (χ3n) is 25.0. The van der Waals surface area contributed by atoms with Crippen LogP contribution in [-0.4, -0.2) is 82.3 Å². The number of halogens is 12. The van der Waals surface area contributed by atoms with Crippen molar-refractivity contribution in [1.29, 1.82) is 0 Å².